The molecule has 4 rings (SSSR count). The van der Waals surface area contributed by atoms with Gasteiger partial charge in [0.05, 0.1) is 7.11 Å². The predicted molar refractivity (Wildman–Crippen MR) is 126 cm³/mol. The molecule has 0 aliphatic heterocycles. The Morgan fingerprint density at radius 2 is 1.47 bits per heavy atom. The summed E-state index contributed by atoms with van der Waals surface area (Å²) < 4.78 is 6.00. The van der Waals surface area contributed by atoms with Gasteiger partial charge in [0.1, 0.15) is 5.75 Å². The predicted octanol–water partition coefficient (Wildman–Crippen LogP) is 4.63. The molecule has 3 aromatic carbocycles. The molecule has 1 nitrogen and oxygen atoms in total. The average Bonchev–Trinajstić information content (AvgIpc) is 3.21. The monoisotopic (exact) mass is 394 g/mol. The van der Waals surface area contributed by atoms with Gasteiger partial charge in [0.15, 0.2) is 0 Å². The Balaban J connectivity index is 0.00000256. The molecule has 0 saturated heterocycles. The van der Waals surface area contributed by atoms with Crippen LogP contribution in [0.15, 0.2) is 30.3 Å². The minimum Gasteiger partial charge on any atom is -0.496 e. The van der Waals surface area contributed by atoms with E-state index >= 15 is 0 Å². The second-order valence-electron chi connectivity index (χ2n) is 10.9. The number of methoxy groups -OCH3 is 1. The van der Waals surface area contributed by atoms with Gasteiger partial charge in [-0.3, -0.25) is 0 Å². The second-order valence-corrected chi connectivity index (χ2v) is 10.9. The van der Waals surface area contributed by atoms with Gasteiger partial charge in [0.25, 0.3) is 0 Å². The third kappa shape index (κ3) is 3.88. The van der Waals surface area contributed by atoms with Gasteiger partial charge in [-0.05, 0) is 47.8 Å². The fourth-order valence-electron chi connectivity index (χ4n) is 5.01. The van der Waals surface area contributed by atoms with Gasteiger partial charge in [0.2, 0.25) is 0 Å². The third-order valence-electron chi connectivity index (χ3n) is 6.43. The van der Waals surface area contributed by atoms with Crippen molar-refractivity contribution in [3.63, 3.8) is 0 Å². The number of aryl methyl sites for hydroxylation is 2. The number of fused-ring (bicyclic) bond motifs is 2. The smallest absolute Gasteiger partial charge is 0.496 e. The van der Waals surface area contributed by atoms with Crippen LogP contribution in [0.25, 0.3) is 21.9 Å². The van der Waals surface area contributed by atoms with E-state index in [2.05, 4.69) is 78.8 Å². The Kier molecular flexibility index (Phi) is 6.05. The molecule has 1 aliphatic rings. The zero-order chi connectivity index (χ0) is 21.1. The van der Waals surface area contributed by atoms with Crippen LogP contribution >= 0.6 is 0 Å². The normalized spacial score (nSPS) is 14.0. The molecule has 2 heteroatoms. The Hall–Kier alpha value is -1.55. The topological polar surface area (TPSA) is 9.23 Å². The van der Waals surface area contributed by atoms with Crippen molar-refractivity contribution in [3.05, 3.63) is 58.1 Å². The fraction of sp³-hybridized carbons (Fsp3) is 0.464. The quantitative estimate of drug-likeness (QED) is 0.455. The maximum atomic E-state index is 6.00. The Labute approximate surface area is 194 Å². The van der Waals surface area contributed by atoms with Crippen molar-refractivity contribution >= 4 is 10.8 Å². The second kappa shape index (κ2) is 7.85. The van der Waals surface area contributed by atoms with Crippen LogP contribution in [0.1, 0.15) is 75.8 Å². The summed E-state index contributed by atoms with van der Waals surface area (Å²) >= 11 is 0. The van der Waals surface area contributed by atoms with Gasteiger partial charge in [-0.2, -0.15) is 6.07 Å². The summed E-state index contributed by atoms with van der Waals surface area (Å²) in [6.07, 6.45) is 3.66. The molecular weight excluding hydrogens is 359 g/mol. The average molecular weight is 395 g/mol. The number of hydrogen-bond acceptors (Lipinski definition) is 1. The molecule has 0 heterocycles. The Bertz CT molecular complexity index is 1050. The van der Waals surface area contributed by atoms with E-state index in [1.165, 1.54) is 57.9 Å². The minimum absolute atomic E-state index is 0. The molecule has 0 atom stereocenters. The van der Waals surface area contributed by atoms with Crippen molar-refractivity contribution < 1.29 is 23.6 Å². The molecule has 0 amide bonds. The van der Waals surface area contributed by atoms with Gasteiger partial charge in [-0.25, -0.2) is 0 Å². The largest absolute Gasteiger partial charge is 1.00 e. The summed E-state index contributed by atoms with van der Waals surface area (Å²) in [5.74, 6) is 1.05. The standard InChI is InChI=1S/C28H35O.Li/c1-17-12-19-14-18-10-9-11-21(18)25(22(19)13-17)20-15-23(27(2,3)4)26(29-8)24(16-20)28(5,6)7;/h12-16H,9-11H2,1-8H3;/q-1;+1. The van der Waals surface area contributed by atoms with Crippen LogP contribution in [0, 0.1) is 6.92 Å². The first-order valence-electron chi connectivity index (χ1n) is 11.0. The maximum Gasteiger partial charge on any atom is 1.00 e. The zero-order valence-corrected chi connectivity index (χ0v) is 20.4. The first-order chi connectivity index (χ1) is 13.5. The van der Waals surface area contributed by atoms with Gasteiger partial charge >= 0.3 is 18.9 Å². The van der Waals surface area contributed by atoms with E-state index in [0.29, 0.717) is 0 Å². The molecule has 0 unspecified atom stereocenters. The Morgan fingerprint density at radius 3 is 2.00 bits per heavy atom. The van der Waals surface area contributed by atoms with Crippen LogP contribution in [0.3, 0.4) is 0 Å². The molecule has 0 saturated carbocycles. The molecule has 0 bridgehead atoms. The molecule has 154 valence electrons. The molecule has 30 heavy (non-hydrogen) atoms. The van der Waals surface area contributed by atoms with Crippen molar-refractivity contribution in [1.82, 2.24) is 0 Å². The van der Waals surface area contributed by atoms with Crippen molar-refractivity contribution in [2.24, 2.45) is 0 Å². The van der Waals surface area contributed by atoms with Gasteiger partial charge in [0, 0.05) is 11.1 Å². The summed E-state index contributed by atoms with van der Waals surface area (Å²) in [5, 5.41) is 2.80. The summed E-state index contributed by atoms with van der Waals surface area (Å²) in [5.41, 5.74) is 9.91. The first-order valence-corrected chi connectivity index (χ1v) is 11.0. The number of rotatable bonds is 2. The van der Waals surface area contributed by atoms with Crippen LogP contribution in [-0.2, 0) is 23.7 Å². The SMILES string of the molecule is COc1c(C(C)(C)C)cc(-c2c3c(cc4[cH-]c(C)cc24)CCC3)cc1C(C)(C)C.[Li+]. The van der Waals surface area contributed by atoms with E-state index in [4.69, 9.17) is 4.74 Å². The molecule has 0 fully saturated rings. The number of ether oxygens (including phenoxy) is 1. The van der Waals surface area contributed by atoms with Crippen LogP contribution < -0.4 is 23.6 Å². The van der Waals surface area contributed by atoms with Gasteiger partial charge in [-0.1, -0.05) is 65.2 Å². The molecule has 0 aromatic heterocycles. The van der Waals surface area contributed by atoms with E-state index in [1.807, 2.05) is 7.11 Å². The molecule has 1 aliphatic carbocycles. The summed E-state index contributed by atoms with van der Waals surface area (Å²) in [7, 11) is 1.82. The molecule has 0 spiro atoms. The van der Waals surface area contributed by atoms with E-state index in [1.54, 1.807) is 11.1 Å². The van der Waals surface area contributed by atoms with E-state index in [9.17, 15) is 0 Å². The van der Waals surface area contributed by atoms with E-state index in [0.717, 1.165) is 5.75 Å². The van der Waals surface area contributed by atoms with Crippen LogP contribution in [0.5, 0.6) is 5.75 Å². The third-order valence-corrected chi connectivity index (χ3v) is 6.43. The summed E-state index contributed by atoms with van der Waals surface area (Å²) in [6, 6.07) is 12.0. The summed E-state index contributed by atoms with van der Waals surface area (Å²) in [4.78, 5) is 0. The molecule has 0 N–H and O–H groups in total. The first kappa shape index (κ1) is 23.1. The van der Waals surface area contributed by atoms with Crippen LogP contribution in [0.4, 0.5) is 0 Å². The van der Waals surface area contributed by atoms with Gasteiger partial charge < -0.3 is 4.74 Å². The molecular formula is C28H35LiO. The summed E-state index contributed by atoms with van der Waals surface area (Å²) in [6.45, 7) is 16.0. The van der Waals surface area contributed by atoms with Gasteiger partial charge in [-0.15, -0.1) is 28.5 Å². The molecule has 3 aromatic rings. The van der Waals surface area contributed by atoms with Crippen molar-refractivity contribution in [2.75, 3.05) is 7.11 Å². The van der Waals surface area contributed by atoms with Crippen molar-refractivity contribution in [2.45, 2.75) is 78.6 Å². The Morgan fingerprint density at radius 1 is 0.867 bits per heavy atom. The van der Waals surface area contributed by atoms with Crippen molar-refractivity contribution in [3.8, 4) is 16.9 Å². The minimum atomic E-state index is 0. The number of hydrogen-bond donors (Lipinski definition) is 0. The number of benzene rings is 2. The van der Waals surface area contributed by atoms with E-state index < -0.39 is 0 Å². The van der Waals surface area contributed by atoms with E-state index in [-0.39, 0.29) is 29.7 Å². The van der Waals surface area contributed by atoms with Crippen molar-refractivity contribution in [1.29, 1.82) is 0 Å². The molecule has 0 radical (unpaired) electrons. The van der Waals surface area contributed by atoms with Crippen LogP contribution in [-0.4, -0.2) is 7.11 Å². The zero-order valence-electron chi connectivity index (χ0n) is 20.4. The maximum absolute atomic E-state index is 6.00. The fourth-order valence-corrected chi connectivity index (χ4v) is 5.01. The van der Waals surface area contributed by atoms with Crippen LogP contribution in [0.2, 0.25) is 0 Å².